The molecule has 3 nitrogen and oxygen atoms in total. The van der Waals surface area contributed by atoms with Gasteiger partial charge >= 0.3 is 0 Å². The van der Waals surface area contributed by atoms with Crippen LogP contribution in [0.1, 0.15) is 26.5 Å². The lowest BCUT2D eigenvalue weighted by Gasteiger charge is -2.13. The summed E-state index contributed by atoms with van der Waals surface area (Å²) in [6, 6.07) is 1.97. The molecule has 0 aliphatic heterocycles. The normalized spacial score (nSPS) is 12.0. The Morgan fingerprint density at radius 3 is 2.18 bits per heavy atom. The van der Waals surface area contributed by atoms with Crippen LogP contribution in [0.25, 0.3) is 0 Å². The fourth-order valence-corrected chi connectivity index (χ4v) is 0.906. The lowest BCUT2D eigenvalue weighted by atomic mass is 9.92. The number of nitrogen functional groups attached to an aromatic ring is 1. The molecule has 0 aliphatic carbocycles. The van der Waals surface area contributed by atoms with Crippen molar-refractivity contribution in [2.45, 2.75) is 26.2 Å². The van der Waals surface area contributed by atoms with Crippen molar-refractivity contribution in [3.63, 3.8) is 0 Å². The van der Waals surface area contributed by atoms with Gasteiger partial charge in [0.05, 0.1) is 11.8 Å². The van der Waals surface area contributed by atoms with Gasteiger partial charge in [0, 0.05) is 5.41 Å². The van der Waals surface area contributed by atoms with E-state index in [-0.39, 0.29) is 5.41 Å². The number of nitrogens with zero attached hydrogens (tertiary/aromatic N) is 1. The minimum atomic E-state index is 0.148. The van der Waals surface area contributed by atoms with Crippen LogP contribution in [0.4, 0.5) is 5.82 Å². The predicted molar refractivity (Wildman–Crippen MR) is 45.1 cm³/mol. The smallest absolute Gasteiger partial charge is 0.285 e. The zero-order chi connectivity index (χ0) is 8.65. The van der Waals surface area contributed by atoms with Gasteiger partial charge in [-0.1, -0.05) is 20.8 Å². The summed E-state index contributed by atoms with van der Waals surface area (Å²) in [5.74, 6) is 0.773. The summed E-state index contributed by atoms with van der Waals surface area (Å²) >= 11 is 0. The minimum Gasteiger partial charge on any atom is -0.285 e. The van der Waals surface area contributed by atoms with Crippen molar-refractivity contribution in [3.8, 4) is 0 Å². The number of rotatable bonds is 0. The van der Waals surface area contributed by atoms with Gasteiger partial charge in [0.1, 0.15) is 7.05 Å². The van der Waals surface area contributed by atoms with Gasteiger partial charge in [-0.05, 0) is 0 Å². The second-order valence-electron chi connectivity index (χ2n) is 3.90. The number of aryl methyl sites for hydroxylation is 1. The second kappa shape index (κ2) is 2.26. The van der Waals surface area contributed by atoms with E-state index in [1.807, 2.05) is 17.8 Å². The first-order valence-corrected chi connectivity index (χ1v) is 3.76. The Labute approximate surface area is 67.2 Å². The van der Waals surface area contributed by atoms with E-state index in [0.717, 1.165) is 11.5 Å². The average Bonchev–Trinajstić information content (AvgIpc) is 2.11. The van der Waals surface area contributed by atoms with E-state index in [1.165, 1.54) is 0 Å². The van der Waals surface area contributed by atoms with Crippen LogP contribution >= 0.6 is 0 Å². The Balaban J connectivity index is 3.08. The van der Waals surface area contributed by atoms with E-state index in [9.17, 15) is 0 Å². The Morgan fingerprint density at radius 2 is 2.00 bits per heavy atom. The van der Waals surface area contributed by atoms with E-state index in [4.69, 9.17) is 5.73 Å². The highest BCUT2D eigenvalue weighted by molar-refractivity contribution is 5.26. The second-order valence-corrected chi connectivity index (χ2v) is 3.90. The molecule has 0 radical (unpaired) electrons. The van der Waals surface area contributed by atoms with Gasteiger partial charge < -0.3 is 0 Å². The molecule has 0 saturated heterocycles. The number of hydrogen-bond donors (Lipinski definition) is 2. The molecule has 0 spiro atoms. The molecule has 1 aromatic rings. The Morgan fingerprint density at radius 1 is 1.45 bits per heavy atom. The maximum absolute atomic E-state index is 5.67. The van der Waals surface area contributed by atoms with Crippen LogP contribution in [-0.4, -0.2) is 5.10 Å². The third kappa shape index (κ3) is 1.53. The average molecular weight is 154 g/mol. The molecule has 0 aromatic carbocycles. The van der Waals surface area contributed by atoms with Crippen LogP contribution in [0.15, 0.2) is 6.07 Å². The van der Waals surface area contributed by atoms with Crippen molar-refractivity contribution in [1.29, 1.82) is 0 Å². The number of nitrogens with two attached hydrogens (primary N) is 1. The molecule has 3 heteroatoms. The monoisotopic (exact) mass is 154 g/mol. The van der Waals surface area contributed by atoms with E-state index in [2.05, 4.69) is 25.9 Å². The van der Waals surface area contributed by atoms with Crippen molar-refractivity contribution in [2.75, 3.05) is 5.73 Å². The largest absolute Gasteiger partial charge is 0.292 e. The fraction of sp³-hybridized carbons (Fsp3) is 0.625. The number of hydrogen-bond acceptors (Lipinski definition) is 1. The van der Waals surface area contributed by atoms with Crippen LogP contribution in [0.5, 0.6) is 0 Å². The van der Waals surface area contributed by atoms with Gasteiger partial charge in [0.2, 0.25) is 0 Å². The Hall–Kier alpha value is -0.990. The van der Waals surface area contributed by atoms with Gasteiger partial charge in [0.25, 0.3) is 5.82 Å². The third-order valence-electron chi connectivity index (χ3n) is 1.78. The Kier molecular flexibility index (Phi) is 1.66. The first-order chi connectivity index (χ1) is 4.91. The van der Waals surface area contributed by atoms with E-state index in [1.54, 1.807) is 0 Å². The topological polar surface area (TPSA) is 45.7 Å². The number of nitrogens with one attached hydrogen (secondary N) is 1. The molecule has 1 heterocycles. The molecular formula is C8H16N3+. The van der Waals surface area contributed by atoms with Gasteiger partial charge in [-0.2, -0.15) is 4.68 Å². The fourth-order valence-electron chi connectivity index (χ4n) is 0.906. The molecule has 0 bridgehead atoms. The molecule has 0 fully saturated rings. The zero-order valence-electron chi connectivity index (χ0n) is 7.60. The molecule has 0 unspecified atom stereocenters. The lowest BCUT2D eigenvalue weighted by Crippen LogP contribution is -2.33. The summed E-state index contributed by atoms with van der Waals surface area (Å²) in [6.07, 6.45) is 0. The van der Waals surface area contributed by atoms with Gasteiger partial charge in [-0.25, -0.2) is 5.10 Å². The molecule has 0 atom stereocenters. The first kappa shape index (κ1) is 8.11. The minimum absolute atomic E-state index is 0.148. The maximum atomic E-state index is 5.67. The zero-order valence-corrected chi connectivity index (χ0v) is 7.60. The third-order valence-corrected chi connectivity index (χ3v) is 1.78. The van der Waals surface area contributed by atoms with Crippen molar-refractivity contribution < 1.29 is 4.68 Å². The quantitative estimate of drug-likeness (QED) is 0.531. The van der Waals surface area contributed by atoms with E-state index in [0.29, 0.717) is 0 Å². The molecule has 0 saturated carbocycles. The summed E-state index contributed by atoms with van der Waals surface area (Å²) in [7, 11) is 1.91. The van der Waals surface area contributed by atoms with Crippen LogP contribution in [0.3, 0.4) is 0 Å². The Bertz CT molecular complexity index is 235. The van der Waals surface area contributed by atoms with Crippen molar-refractivity contribution in [1.82, 2.24) is 5.10 Å². The van der Waals surface area contributed by atoms with Gasteiger partial charge in [-0.15, -0.1) is 0 Å². The number of aromatic nitrogens is 2. The van der Waals surface area contributed by atoms with Crippen molar-refractivity contribution in [2.24, 2.45) is 7.05 Å². The molecule has 11 heavy (non-hydrogen) atoms. The lowest BCUT2D eigenvalue weighted by molar-refractivity contribution is -0.713. The molecule has 3 N–H and O–H groups in total. The number of anilines is 1. The highest BCUT2D eigenvalue weighted by Crippen LogP contribution is 2.19. The van der Waals surface area contributed by atoms with Crippen LogP contribution < -0.4 is 10.4 Å². The number of H-pyrrole nitrogens is 1. The van der Waals surface area contributed by atoms with Crippen molar-refractivity contribution in [3.05, 3.63) is 11.8 Å². The molecule has 1 aromatic heterocycles. The van der Waals surface area contributed by atoms with Crippen LogP contribution in [0, 0.1) is 0 Å². The maximum Gasteiger partial charge on any atom is 0.292 e. The number of aromatic amines is 1. The molecule has 0 aliphatic rings. The van der Waals surface area contributed by atoms with E-state index >= 15 is 0 Å². The molecule has 1 rings (SSSR count). The SMILES string of the molecule is C[n+]1[nH]c(C(C)(C)C)cc1N. The standard InChI is InChI=1S/C8H15N3/c1-8(2,3)6-5-7(9)11(4)10-6/h5H,1-4H3,(H2,9,10)/p+1. The van der Waals surface area contributed by atoms with Gasteiger partial charge in [-0.3, -0.25) is 5.73 Å². The van der Waals surface area contributed by atoms with E-state index < -0.39 is 0 Å². The highest BCUT2D eigenvalue weighted by atomic mass is 15.3. The van der Waals surface area contributed by atoms with Gasteiger partial charge in [0.15, 0.2) is 0 Å². The summed E-state index contributed by atoms with van der Waals surface area (Å²) in [5.41, 5.74) is 6.98. The van der Waals surface area contributed by atoms with Crippen LogP contribution in [0.2, 0.25) is 0 Å². The highest BCUT2D eigenvalue weighted by Gasteiger charge is 2.19. The summed E-state index contributed by atoms with van der Waals surface area (Å²) in [4.78, 5) is 0. The summed E-state index contributed by atoms with van der Waals surface area (Å²) in [5, 5.41) is 3.18. The van der Waals surface area contributed by atoms with Crippen molar-refractivity contribution >= 4 is 5.82 Å². The molecule has 0 amide bonds. The first-order valence-electron chi connectivity index (χ1n) is 3.76. The van der Waals surface area contributed by atoms with Crippen LogP contribution in [-0.2, 0) is 12.5 Å². The molecular weight excluding hydrogens is 138 g/mol. The summed E-state index contributed by atoms with van der Waals surface area (Å²) in [6.45, 7) is 6.45. The predicted octanol–water partition coefficient (Wildman–Crippen LogP) is 0.719. The summed E-state index contributed by atoms with van der Waals surface area (Å²) < 4.78 is 1.82. The molecule has 62 valence electrons.